The number of rotatable bonds is 3. The van der Waals surface area contributed by atoms with Crippen molar-refractivity contribution in [3.05, 3.63) is 56.8 Å². The van der Waals surface area contributed by atoms with Gasteiger partial charge in [-0.3, -0.25) is 9.59 Å². The molecule has 4 heteroatoms. The number of hydrogen-bond acceptors (Lipinski definition) is 3. The van der Waals surface area contributed by atoms with Crippen molar-refractivity contribution < 1.29 is 9.59 Å². The molecular weight excluding hydrogens is 270 g/mol. The molecule has 1 heterocycles. The minimum Gasteiger partial charge on any atom is -0.369 e. The Balaban J connectivity index is 2.07. The molecule has 0 aliphatic heterocycles. The van der Waals surface area contributed by atoms with Crippen LogP contribution in [0.1, 0.15) is 43.6 Å². The third-order valence-electron chi connectivity index (χ3n) is 3.82. The number of carbonyl (C=O) groups excluding carboxylic acids is 2. The van der Waals surface area contributed by atoms with Crippen LogP contribution in [0.15, 0.2) is 30.3 Å². The highest BCUT2D eigenvalue weighted by molar-refractivity contribution is 7.12. The number of hydrogen-bond donors (Lipinski definition) is 1. The van der Waals surface area contributed by atoms with Crippen molar-refractivity contribution in [3.8, 4) is 0 Å². The fourth-order valence-electron chi connectivity index (χ4n) is 2.86. The van der Waals surface area contributed by atoms with Gasteiger partial charge in [0.15, 0.2) is 5.78 Å². The summed E-state index contributed by atoms with van der Waals surface area (Å²) in [6.07, 6.45) is 1.49. The molecule has 20 heavy (non-hydrogen) atoms. The molecule has 2 N–H and O–H groups in total. The lowest BCUT2D eigenvalue weighted by atomic mass is 9.99. The van der Waals surface area contributed by atoms with Crippen molar-refractivity contribution in [1.82, 2.24) is 0 Å². The van der Waals surface area contributed by atoms with Crippen molar-refractivity contribution in [2.75, 3.05) is 0 Å². The van der Waals surface area contributed by atoms with Crippen molar-refractivity contribution >= 4 is 23.0 Å². The number of fused-ring (bicyclic) bond motifs is 1. The Hall–Kier alpha value is -1.94. The first kappa shape index (κ1) is 13.1. The fourth-order valence-corrected chi connectivity index (χ4v) is 4.22. The zero-order valence-corrected chi connectivity index (χ0v) is 12.0. The quantitative estimate of drug-likeness (QED) is 0.881. The van der Waals surface area contributed by atoms with Gasteiger partial charge in [0, 0.05) is 20.9 Å². The van der Waals surface area contributed by atoms with Crippen LogP contribution >= 0.6 is 11.3 Å². The molecule has 2 aromatic rings. The molecule has 102 valence electrons. The van der Waals surface area contributed by atoms with Crippen molar-refractivity contribution in [2.45, 2.75) is 25.7 Å². The molecule has 0 fully saturated rings. The van der Waals surface area contributed by atoms with Crippen molar-refractivity contribution in [1.29, 1.82) is 0 Å². The molecule has 1 amide bonds. The number of ketones is 1. The van der Waals surface area contributed by atoms with E-state index < -0.39 is 0 Å². The Bertz CT molecular complexity index is 688. The van der Waals surface area contributed by atoms with E-state index in [0.717, 1.165) is 33.7 Å². The van der Waals surface area contributed by atoms with E-state index >= 15 is 0 Å². The molecular formula is C16H15NO2S. The molecule has 0 radical (unpaired) electrons. The van der Waals surface area contributed by atoms with Crippen molar-refractivity contribution in [2.24, 2.45) is 5.73 Å². The predicted octanol–water partition coefficient (Wildman–Crippen LogP) is 2.80. The first-order valence-corrected chi connectivity index (χ1v) is 7.42. The average molecular weight is 285 g/mol. The van der Waals surface area contributed by atoms with Crippen LogP contribution in [-0.4, -0.2) is 11.7 Å². The number of aryl methyl sites for hydroxylation is 1. The summed E-state index contributed by atoms with van der Waals surface area (Å²) in [7, 11) is 0. The number of primary amides is 1. The maximum absolute atomic E-state index is 12.7. The molecule has 0 bridgehead atoms. The Morgan fingerprint density at radius 2 is 1.95 bits per heavy atom. The van der Waals surface area contributed by atoms with Crippen LogP contribution in [0.2, 0.25) is 0 Å². The van der Waals surface area contributed by atoms with Gasteiger partial charge in [0.2, 0.25) is 5.91 Å². The van der Waals surface area contributed by atoms with E-state index in [1.165, 1.54) is 0 Å². The van der Waals surface area contributed by atoms with Gasteiger partial charge in [-0.05, 0) is 25.3 Å². The van der Waals surface area contributed by atoms with E-state index in [-0.39, 0.29) is 17.6 Å². The monoisotopic (exact) mass is 285 g/mol. The summed E-state index contributed by atoms with van der Waals surface area (Å²) in [5.41, 5.74) is 7.95. The van der Waals surface area contributed by atoms with Gasteiger partial charge in [0.1, 0.15) is 0 Å². The Kier molecular flexibility index (Phi) is 3.18. The highest BCUT2D eigenvalue weighted by Gasteiger charge is 2.34. The number of amides is 1. The Morgan fingerprint density at radius 3 is 2.60 bits per heavy atom. The molecule has 3 nitrogen and oxygen atoms in total. The lowest BCUT2D eigenvalue weighted by molar-refractivity contribution is -0.119. The van der Waals surface area contributed by atoms with E-state index in [1.807, 2.05) is 37.3 Å². The summed E-state index contributed by atoms with van der Waals surface area (Å²) in [5.74, 6) is -0.458. The molecule has 3 rings (SSSR count). The van der Waals surface area contributed by atoms with Crippen molar-refractivity contribution in [3.63, 3.8) is 0 Å². The van der Waals surface area contributed by atoms with Gasteiger partial charge < -0.3 is 5.73 Å². The second-order valence-corrected chi connectivity index (χ2v) is 6.32. The largest absolute Gasteiger partial charge is 0.369 e. The number of benzene rings is 1. The van der Waals surface area contributed by atoms with E-state index in [2.05, 4.69) is 0 Å². The molecule has 0 saturated carbocycles. The highest BCUT2D eigenvalue weighted by atomic mass is 32.1. The van der Waals surface area contributed by atoms with Crippen LogP contribution in [0, 0.1) is 6.92 Å². The van der Waals surface area contributed by atoms with Crippen LogP contribution in [0.25, 0.3) is 0 Å². The molecule has 0 spiro atoms. The molecule has 1 aliphatic carbocycles. The maximum atomic E-state index is 12.7. The normalized spacial score (nSPS) is 16.9. The summed E-state index contributed by atoms with van der Waals surface area (Å²) in [5, 5.41) is 0. The van der Waals surface area contributed by atoms with Gasteiger partial charge in [-0.25, -0.2) is 0 Å². The molecule has 1 unspecified atom stereocenters. The molecule has 0 saturated heterocycles. The van der Waals surface area contributed by atoms with Crippen LogP contribution in [0.3, 0.4) is 0 Å². The predicted molar refractivity (Wildman–Crippen MR) is 79.2 cm³/mol. The van der Waals surface area contributed by atoms with E-state index in [4.69, 9.17) is 5.73 Å². The van der Waals surface area contributed by atoms with E-state index in [1.54, 1.807) is 11.3 Å². The van der Waals surface area contributed by atoms with Gasteiger partial charge >= 0.3 is 0 Å². The van der Waals surface area contributed by atoms with Gasteiger partial charge in [0.25, 0.3) is 0 Å². The first-order chi connectivity index (χ1) is 9.59. The summed E-state index contributed by atoms with van der Waals surface area (Å²) in [4.78, 5) is 26.1. The lowest BCUT2D eigenvalue weighted by Gasteiger charge is -2.03. The summed E-state index contributed by atoms with van der Waals surface area (Å²) in [6, 6.07) is 9.27. The van der Waals surface area contributed by atoms with E-state index in [9.17, 15) is 9.59 Å². The number of nitrogens with two attached hydrogens (primary N) is 1. The van der Waals surface area contributed by atoms with Gasteiger partial charge in [-0.1, -0.05) is 30.3 Å². The third kappa shape index (κ3) is 1.96. The van der Waals surface area contributed by atoms with Gasteiger partial charge in [-0.15, -0.1) is 11.3 Å². The SMILES string of the molecule is Cc1sc2c(c1C(=O)c1ccccc1)CCC2C(N)=O. The Morgan fingerprint density at radius 1 is 1.25 bits per heavy atom. The molecule has 1 atom stereocenters. The third-order valence-corrected chi connectivity index (χ3v) is 5.08. The zero-order chi connectivity index (χ0) is 14.3. The Labute approximate surface area is 121 Å². The highest BCUT2D eigenvalue weighted by Crippen LogP contribution is 2.42. The average Bonchev–Trinajstić information content (AvgIpc) is 2.96. The van der Waals surface area contributed by atoms with Gasteiger partial charge in [0.05, 0.1) is 5.92 Å². The lowest BCUT2D eigenvalue weighted by Crippen LogP contribution is -2.18. The number of carbonyl (C=O) groups is 2. The van der Waals surface area contributed by atoms with E-state index in [0.29, 0.717) is 5.56 Å². The molecule has 1 aromatic heterocycles. The van der Waals surface area contributed by atoms with Crippen LogP contribution < -0.4 is 5.73 Å². The minimum absolute atomic E-state index is 0.0470. The smallest absolute Gasteiger partial charge is 0.225 e. The minimum atomic E-state index is -0.288. The molecule has 1 aliphatic rings. The molecule has 1 aromatic carbocycles. The standard InChI is InChI=1S/C16H15NO2S/c1-9-13(14(18)10-5-3-2-4-6-10)11-7-8-12(16(17)19)15(11)20-9/h2-6,12H,7-8H2,1H3,(H2,17,19). The van der Waals surface area contributed by atoms with Crippen LogP contribution in [0.5, 0.6) is 0 Å². The topological polar surface area (TPSA) is 60.2 Å². The first-order valence-electron chi connectivity index (χ1n) is 6.61. The maximum Gasteiger partial charge on any atom is 0.225 e. The second kappa shape index (κ2) is 4.87. The summed E-state index contributed by atoms with van der Waals surface area (Å²) >= 11 is 1.54. The number of thiophene rings is 1. The second-order valence-electron chi connectivity index (χ2n) is 5.06. The zero-order valence-electron chi connectivity index (χ0n) is 11.2. The van der Waals surface area contributed by atoms with Crippen LogP contribution in [0.4, 0.5) is 0 Å². The van der Waals surface area contributed by atoms with Gasteiger partial charge in [-0.2, -0.15) is 0 Å². The van der Waals surface area contributed by atoms with Crippen LogP contribution in [-0.2, 0) is 11.2 Å². The fraction of sp³-hybridized carbons (Fsp3) is 0.250. The summed E-state index contributed by atoms with van der Waals surface area (Å²) in [6.45, 7) is 1.94. The summed E-state index contributed by atoms with van der Waals surface area (Å²) < 4.78 is 0.